The lowest BCUT2D eigenvalue weighted by molar-refractivity contribution is 0.246. The highest BCUT2D eigenvalue weighted by atomic mass is 16.5. The number of methoxy groups -OCH3 is 2. The molecule has 6 nitrogen and oxygen atoms in total. The Balaban J connectivity index is 1.74. The van der Waals surface area contributed by atoms with Crippen molar-refractivity contribution in [1.29, 1.82) is 0 Å². The number of ether oxygens (including phenoxy) is 3. The van der Waals surface area contributed by atoms with Crippen LogP contribution in [0.3, 0.4) is 0 Å². The van der Waals surface area contributed by atoms with Gasteiger partial charge < -0.3 is 18.6 Å². The molecular formula is C18H18N2O4. The first-order valence-corrected chi connectivity index (χ1v) is 7.44. The van der Waals surface area contributed by atoms with Crippen molar-refractivity contribution < 1.29 is 18.6 Å². The van der Waals surface area contributed by atoms with Crippen LogP contribution in [-0.2, 0) is 6.61 Å². The predicted molar refractivity (Wildman–Crippen MR) is 88.3 cm³/mol. The summed E-state index contributed by atoms with van der Waals surface area (Å²) in [6, 6.07) is 13.3. The Kier molecular flexibility index (Phi) is 4.65. The molecule has 0 saturated carbocycles. The van der Waals surface area contributed by atoms with Gasteiger partial charge in [0.05, 0.1) is 14.2 Å². The van der Waals surface area contributed by atoms with Crippen molar-refractivity contribution in [2.75, 3.05) is 14.2 Å². The molecule has 0 radical (unpaired) electrons. The van der Waals surface area contributed by atoms with Crippen LogP contribution in [0.4, 0.5) is 0 Å². The van der Waals surface area contributed by atoms with Crippen molar-refractivity contribution in [2.24, 2.45) is 0 Å². The monoisotopic (exact) mass is 326 g/mol. The van der Waals surface area contributed by atoms with Gasteiger partial charge in [0.25, 0.3) is 5.89 Å². The minimum absolute atomic E-state index is 0.141. The second kappa shape index (κ2) is 7.04. The lowest BCUT2D eigenvalue weighted by Crippen LogP contribution is -1.99. The zero-order valence-corrected chi connectivity index (χ0v) is 13.8. The molecule has 124 valence electrons. The number of aryl methyl sites for hydroxylation is 1. The Morgan fingerprint density at radius 2 is 1.75 bits per heavy atom. The summed E-state index contributed by atoms with van der Waals surface area (Å²) in [5.41, 5.74) is 2.01. The summed E-state index contributed by atoms with van der Waals surface area (Å²) in [7, 11) is 3.14. The van der Waals surface area contributed by atoms with E-state index in [9.17, 15) is 0 Å². The van der Waals surface area contributed by atoms with Gasteiger partial charge in [0.1, 0.15) is 0 Å². The molecule has 0 unspecified atom stereocenters. The van der Waals surface area contributed by atoms with Crippen molar-refractivity contribution >= 4 is 0 Å². The van der Waals surface area contributed by atoms with Crippen LogP contribution in [-0.4, -0.2) is 24.4 Å². The van der Waals surface area contributed by atoms with E-state index in [1.165, 1.54) is 0 Å². The minimum atomic E-state index is 0.141. The summed E-state index contributed by atoms with van der Waals surface area (Å²) in [4.78, 5) is 0. The quantitative estimate of drug-likeness (QED) is 0.689. The van der Waals surface area contributed by atoms with Crippen LogP contribution in [0.2, 0.25) is 0 Å². The Labute approximate surface area is 140 Å². The van der Waals surface area contributed by atoms with E-state index in [0.29, 0.717) is 29.0 Å². The summed E-state index contributed by atoms with van der Waals surface area (Å²) in [5.74, 6) is 2.53. The summed E-state index contributed by atoms with van der Waals surface area (Å²) in [5, 5.41) is 8.09. The van der Waals surface area contributed by atoms with Crippen LogP contribution in [0.1, 0.15) is 11.5 Å². The third-order valence-electron chi connectivity index (χ3n) is 3.45. The van der Waals surface area contributed by atoms with Gasteiger partial charge in [-0.15, -0.1) is 10.2 Å². The van der Waals surface area contributed by atoms with Crippen molar-refractivity contribution in [3.63, 3.8) is 0 Å². The predicted octanol–water partition coefficient (Wildman–Crippen LogP) is 3.64. The fraction of sp³-hybridized carbons (Fsp3) is 0.222. The third-order valence-corrected chi connectivity index (χ3v) is 3.45. The zero-order chi connectivity index (χ0) is 16.9. The molecule has 0 bridgehead atoms. The maximum atomic E-state index is 5.73. The van der Waals surface area contributed by atoms with Crippen LogP contribution < -0.4 is 14.2 Å². The van der Waals surface area contributed by atoms with E-state index >= 15 is 0 Å². The fourth-order valence-corrected chi connectivity index (χ4v) is 2.32. The first-order chi connectivity index (χ1) is 11.7. The first kappa shape index (κ1) is 15.9. The summed E-state index contributed by atoms with van der Waals surface area (Å²) < 4.78 is 22.0. The van der Waals surface area contributed by atoms with Gasteiger partial charge in [0.2, 0.25) is 11.6 Å². The Bertz CT molecular complexity index is 829. The molecule has 3 aromatic rings. The smallest absolute Gasteiger partial charge is 0.254 e. The van der Waals surface area contributed by atoms with Crippen LogP contribution in [0, 0.1) is 6.92 Å². The molecule has 0 aliphatic carbocycles. The lowest BCUT2D eigenvalue weighted by atomic mass is 10.1. The molecule has 3 rings (SSSR count). The average Bonchev–Trinajstić information content (AvgIpc) is 3.08. The third kappa shape index (κ3) is 3.32. The molecular weight excluding hydrogens is 308 g/mol. The van der Waals surface area contributed by atoms with Gasteiger partial charge in [-0.05, 0) is 31.2 Å². The van der Waals surface area contributed by atoms with E-state index in [1.807, 2.05) is 37.3 Å². The molecule has 0 amide bonds. The van der Waals surface area contributed by atoms with E-state index in [-0.39, 0.29) is 6.61 Å². The number of nitrogens with zero attached hydrogens (tertiary/aromatic N) is 2. The number of hydrogen-bond donors (Lipinski definition) is 0. The highest BCUT2D eigenvalue weighted by molar-refractivity contribution is 5.53. The zero-order valence-electron chi connectivity index (χ0n) is 13.8. The summed E-state index contributed by atoms with van der Waals surface area (Å²) in [6.45, 7) is 2.15. The van der Waals surface area contributed by atoms with E-state index in [1.54, 1.807) is 26.4 Å². The van der Waals surface area contributed by atoms with Crippen molar-refractivity contribution in [3.8, 4) is 28.7 Å². The van der Waals surface area contributed by atoms with Gasteiger partial charge in [-0.3, -0.25) is 0 Å². The molecule has 6 heteroatoms. The highest BCUT2D eigenvalue weighted by Gasteiger charge is 2.13. The Morgan fingerprint density at radius 3 is 2.50 bits per heavy atom. The minimum Gasteiger partial charge on any atom is -0.493 e. The SMILES string of the molecule is COc1cccc(OCc2nnc(-c3cccc(C)c3)o2)c1OC. The summed E-state index contributed by atoms with van der Waals surface area (Å²) in [6.07, 6.45) is 0. The number of hydrogen-bond acceptors (Lipinski definition) is 6. The van der Waals surface area contributed by atoms with E-state index in [2.05, 4.69) is 10.2 Å². The van der Waals surface area contributed by atoms with Crippen LogP contribution in [0.5, 0.6) is 17.2 Å². The van der Waals surface area contributed by atoms with Gasteiger partial charge in [-0.1, -0.05) is 23.8 Å². The van der Waals surface area contributed by atoms with E-state index < -0.39 is 0 Å². The average molecular weight is 326 g/mol. The van der Waals surface area contributed by atoms with Gasteiger partial charge in [-0.2, -0.15) is 0 Å². The molecule has 0 aliphatic heterocycles. The van der Waals surface area contributed by atoms with Gasteiger partial charge in [-0.25, -0.2) is 0 Å². The molecule has 0 aliphatic rings. The fourth-order valence-electron chi connectivity index (χ4n) is 2.32. The molecule has 2 aromatic carbocycles. The van der Waals surface area contributed by atoms with Crippen molar-refractivity contribution in [3.05, 3.63) is 53.9 Å². The lowest BCUT2D eigenvalue weighted by Gasteiger charge is -2.12. The van der Waals surface area contributed by atoms with Gasteiger partial charge in [0.15, 0.2) is 18.1 Å². The molecule has 0 saturated heterocycles. The topological polar surface area (TPSA) is 66.6 Å². The molecule has 0 N–H and O–H groups in total. The molecule has 1 heterocycles. The molecule has 0 spiro atoms. The Morgan fingerprint density at radius 1 is 0.958 bits per heavy atom. The number of para-hydroxylation sites is 1. The number of aromatic nitrogens is 2. The summed E-state index contributed by atoms with van der Waals surface area (Å²) >= 11 is 0. The van der Waals surface area contributed by atoms with E-state index in [4.69, 9.17) is 18.6 Å². The van der Waals surface area contributed by atoms with Gasteiger partial charge in [0, 0.05) is 5.56 Å². The maximum Gasteiger partial charge on any atom is 0.254 e. The normalized spacial score (nSPS) is 10.5. The van der Waals surface area contributed by atoms with Gasteiger partial charge >= 0.3 is 0 Å². The molecule has 0 fully saturated rings. The van der Waals surface area contributed by atoms with E-state index in [0.717, 1.165) is 11.1 Å². The van der Waals surface area contributed by atoms with Crippen LogP contribution in [0.25, 0.3) is 11.5 Å². The molecule has 0 atom stereocenters. The number of rotatable bonds is 6. The molecule has 1 aromatic heterocycles. The maximum absolute atomic E-state index is 5.73. The van der Waals surface area contributed by atoms with Crippen LogP contribution in [0.15, 0.2) is 46.9 Å². The molecule has 24 heavy (non-hydrogen) atoms. The standard InChI is InChI=1S/C18H18N2O4/c1-12-6-4-7-13(10-12)18-20-19-16(24-18)11-23-15-9-5-8-14(21-2)17(15)22-3/h4-10H,11H2,1-3H3. The second-order valence-electron chi connectivity index (χ2n) is 5.15. The van der Waals surface area contributed by atoms with Crippen LogP contribution >= 0.6 is 0 Å². The number of benzene rings is 2. The Hall–Kier alpha value is -3.02. The first-order valence-electron chi connectivity index (χ1n) is 7.44. The highest BCUT2D eigenvalue weighted by Crippen LogP contribution is 2.36. The van der Waals surface area contributed by atoms with Crippen molar-refractivity contribution in [2.45, 2.75) is 13.5 Å². The van der Waals surface area contributed by atoms with Crippen molar-refractivity contribution in [1.82, 2.24) is 10.2 Å². The largest absolute Gasteiger partial charge is 0.493 e. The second-order valence-corrected chi connectivity index (χ2v) is 5.15.